The molecule has 0 spiro atoms. The van der Waals surface area contributed by atoms with Gasteiger partial charge < -0.3 is 4.57 Å². The monoisotopic (exact) mass is 221 g/mol. The average Bonchev–Trinajstić information content (AvgIpc) is 2.53. The van der Waals surface area contributed by atoms with Crippen LogP contribution in [-0.4, -0.2) is 14.8 Å². The van der Waals surface area contributed by atoms with Gasteiger partial charge in [0.1, 0.15) is 12.2 Å². The molecule has 3 heteroatoms. The third-order valence-electron chi connectivity index (χ3n) is 3.43. The highest BCUT2D eigenvalue weighted by atomic mass is 15.3. The van der Waals surface area contributed by atoms with Crippen LogP contribution in [0.2, 0.25) is 0 Å². The molecule has 2 rings (SSSR count). The Kier molecular flexibility index (Phi) is 3.97. The van der Waals surface area contributed by atoms with Gasteiger partial charge in [-0.2, -0.15) is 0 Å². The Balaban J connectivity index is 2.09. The predicted octanol–water partition coefficient (Wildman–Crippen LogP) is 3.37. The van der Waals surface area contributed by atoms with E-state index >= 15 is 0 Å². The molecule has 0 unspecified atom stereocenters. The van der Waals surface area contributed by atoms with Crippen LogP contribution in [0.25, 0.3) is 0 Å². The van der Waals surface area contributed by atoms with Crippen molar-refractivity contribution >= 4 is 0 Å². The van der Waals surface area contributed by atoms with Crippen molar-refractivity contribution in [1.29, 1.82) is 0 Å². The number of rotatable bonds is 3. The van der Waals surface area contributed by atoms with Crippen LogP contribution in [0.3, 0.4) is 0 Å². The fourth-order valence-electron chi connectivity index (χ4n) is 2.65. The lowest BCUT2D eigenvalue weighted by Gasteiger charge is -2.16. The third kappa shape index (κ3) is 2.83. The molecule has 16 heavy (non-hydrogen) atoms. The second-order valence-electron chi connectivity index (χ2n) is 5.42. The Morgan fingerprint density at radius 3 is 2.56 bits per heavy atom. The normalized spacial score (nSPS) is 18.9. The van der Waals surface area contributed by atoms with Crippen LogP contribution < -0.4 is 0 Å². The molecule has 1 aliphatic carbocycles. The summed E-state index contributed by atoms with van der Waals surface area (Å²) in [5.41, 5.74) is 0. The van der Waals surface area contributed by atoms with Crippen LogP contribution in [0.4, 0.5) is 0 Å². The summed E-state index contributed by atoms with van der Waals surface area (Å²) in [4.78, 5) is 0. The van der Waals surface area contributed by atoms with Crippen molar-refractivity contribution < 1.29 is 0 Å². The standard InChI is InChI=1S/C13H23N3/c1-11(2)9-16-10-14-15-13(16)12-7-5-3-4-6-8-12/h10-12H,3-9H2,1-2H3. The van der Waals surface area contributed by atoms with E-state index in [1.165, 1.54) is 44.3 Å². The van der Waals surface area contributed by atoms with Crippen LogP contribution in [0, 0.1) is 5.92 Å². The molecule has 1 aliphatic rings. The molecule has 0 atom stereocenters. The fourth-order valence-corrected chi connectivity index (χ4v) is 2.65. The minimum absolute atomic E-state index is 0.656. The highest BCUT2D eigenvalue weighted by Gasteiger charge is 2.19. The first-order chi connectivity index (χ1) is 7.77. The van der Waals surface area contributed by atoms with E-state index in [1.54, 1.807) is 0 Å². The fraction of sp³-hybridized carbons (Fsp3) is 0.846. The summed E-state index contributed by atoms with van der Waals surface area (Å²) in [6.07, 6.45) is 10.0. The molecule has 0 radical (unpaired) electrons. The molecule has 3 nitrogen and oxygen atoms in total. The van der Waals surface area contributed by atoms with Crippen LogP contribution >= 0.6 is 0 Å². The number of hydrogen-bond acceptors (Lipinski definition) is 2. The maximum atomic E-state index is 4.35. The largest absolute Gasteiger partial charge is 0.317 e. The quantitative estimate of drug-likeness (QED) is 0.733. The summed E-state index contributed by atoms with van der Waals surface area (Å²) < 4.78 is 2.26. The Labute approximate surface area is 98.3 Å². The van der Waals surface area contributed by atoms with Gasteiger partial charge in [-0.1, -0.05) is 39.5 Å². The zero-order valence-corrected chi connectivity index (χ0v) is 10.5. The lowest BCUT2D eigenvalue weighted by atomic mass is 9.99. The summed E-state index contributed by atoms with van der Waals surface area (Å²) >= 11 is 0. The summed E-state index contributed by atoms with van der Waals surface area (Å²) in [7, 11) is 0. The first-order valence-corrected chi connectivity index (χ1v) is 6.65. The second-order valence-corrected chi connectivity index (χ2v) is 5.42. The van der Waals surface area contributed by atoms with Gasteiger partial charge in [0, 0.05) is 12.5 Å². The first kappa shape index (κ1) is 11.6. The molecule has 0 bridgehead atoms. The van der Waals surface area contributed by atoms with Gasteiger partial charge in [0.2, 0.25) is 0 Å². The van der Waals surface area contributed by atoms with E-state index in [0.29, 0.717) is 11.8 Å². The van der Waals surface area contributed by atoms with E-state index in [4.69, 9.17) is 0 Å². The van der Waals surface area contributed by atoms with Gasteiger partial charge in [-0.15, -0.1) is 10.2 Å². The lowest BCUT2D eigenvalue weighted by molar-refractivity contribution is 0.467. The maximum Gasteiger partial charge on any atom is 0.135 e. The summed E-state index contributed by atoms with van der Waals surface area (Å²) in [5, 5.41) is 8.44. The topological polar surface area (TPSA) is 30.7 Å². The highest BCUT2D eigenvalue weighted by molar-refractivity contribution is 4.97. The molecular weight excluding hydrogens is 198 g/mol. The van der Waals surface area contributed by atoms with Crippen molar-refractivity contribution in [2.24, 2.45) is 5.92 Å². The van der Waals surface area contributed by atoms with Gasteiger partial charge in [-0.25, -0.2) is 0 Å². The first-order valence-electron chi connectivity index (χ1n) is 6.65. The van der Waals surface area contributed by atoms with Gasteiger partial charge in [0.05, 0.1) is 0 Å². The third-order valence-corrected chi connectivity index (χ3v) is 3.43. The molecule has 1 aromatic heterocycles. The van der Waals surface area contributed by atoms with Gasteiger partial charge in [0.15, 0.2) is 0 Å². The Hall–Kier alpha value is -0.860. The molecule has 1 fully saturated rings. The Morgan fingerprint density at radius 1 is 1.25 bits per heavy atom. The van der Waals surface area contributed by atoms with Gasteiger partial charge in [0.25, 0.3) is 0 Å². The minimum Gasteiger partial charge on any atom is -0.317 e. The van der Waals surface area contributed by atoms with Crippen molar-refractivity contribution in [3.05, 3.63) is 12.2 Å². The van der Waals surface area contributed by atoms with E-state index in [0.717, 1.165) is 6.54 Å². The highest BCUT2D eigenvalue weighted by Crippen LogP contribution is 2.30. The molecule has 1 aromatic rings. The number of hydrogen-bond donors (Lipinski definition) is 0. The minimum atomic E-state index is 0.656. The summed E-state index contributed by atoms with van der Waals surface area (Å²) in [6.45, 7) is 5.55. The molecular formula is C13H23N3. The average molecular weight is 221 g/mol. The van der Waals surface area contributed by atoms with Crippen LogP contribution in [0.1, 0.15) is 64.1 Å². The van der Waals surface area contributed by atoms with Gasteiger partial charge >= 0.3 is 0 Å². The smallest absolute Gasteiger partial charge is 0.135 e. The van der Waals surface area contributed by atoms with Crippen molar-refractivity contribution in [3.8, 4) is 0 Å². The number of aromatic nitrogens is 3. The SMILES string of the molecule is CC(C)Cn1cnnc1C1CCCCCC1. The van der Waals surface area contributed by atoms with Crippen LogP contribution in [0.15, 0.2) is 6.33 Å². The van der Waals surface area contributed by atoms with Gasteiger partial charge in [-0.3, -0.25) is 0 Å². The molecule has 0 N–H and O–H groups in total. The van der Waals surface area contributed by atoms with Crippen molar-refractivity contribution in [1.82, 2.24) is 14.8 Å². The zero-order valence-electron chi connectivity index (χ0n) is 10.5. The van der Waals surface area contributed by atoms with E-state index in [9.17, 15) is 0 Å². The molecule has 1 heterocycles. The van der Waals surface area contributed by atoms with Crippen molar-refractivity contribution in [2.45, 2.75) is 64.8 Å². The predicted molar refractivity (Wildman–Crippen MR) is 65.3 cm³/mol. The lowest BCUT2D eigenvalue weighted by Crippen LogP contribution is -2.11. The molecule has 90 valence electrons. The molecule has 0 aliphatic heterocycles. The molecule has 0 aromatic carbocycles. The van der Waals surface area contributed by atoms with Crippen LogP contribution in [-0.2, 0) is 6.54 Å². The molecule has 0 amide bonds. The van der Waals surface area contributed by atoms with E-state index in [-0.39, 0.29) is 0 Å². The maximum absolute atomic E-state index is 4.35. The molecule has 0 saturated heterocycles. The van der Waals surface area contributed by atoms with Crippen molar-refractivity contribution in [3.63, 3.8) is 0 Å². The van der Waals surface area contributed by atoms with Gasteiger partial charge in [-0.05, 0) is 18.8 Å². The summed E-state index contributed by atoms with van der Waals surface area (Å²) in [5.74, 6) is 2.56. The van der Waals surface area contributed by atoms with Crippen LogP contribution in [0.5, 0.6) is 0 Å². The summed E-state index contributed by atoms with van der Waals surface area (Å²) in [6, 6.07) is 0. The van der Waals surface area contributed by atoms with E-state index < -0.39 is 0 Å². The zero-order chi connectivity index (χ0) is 11.4. The Bertz CT molecular complexity index is 309. The molecule has 1 saturated carbocycles. The second kappa shape index (κ2) is 5.46. The van der Waals surface area contributed by atoms with E-state index in [1.807, 2.05) is 6.33 Å². The number of nitrogens with zero attached hydrogens (tertiary/aromatic N) is 3. The Morgan fingerprint density at radius 2 is 1.94 bits per heavy atom. The van der Waals surface area contributed by atoms with Crippen molar-refractivity contribution in [2.75, 3.05) is 0 Å². The van der Waals surface area contributed by atoms with E-state index in [2.05, 4.69) is 28.6 Å².